The molecule has 0 aliphatic heterocycles. The van der Waals surface area contributed by atoms with E-state index in [2.05, 4.69) is 628 Å². The summed E-state index contributed by atoms with van der Waals surface area (Å²) < 4.78 is 39.3. The first-order valence-corrected chi connectivity index (χ1v) is 35.6. The molecule has 4 rings (SSSR count). The van der Waals surface area contributed by atoms with Crippen molar-refractivity contribution in [2.24, 2.45) is 19.8 Å². The van der Waals surface area contributed by atoms with Gasteiger partial charge in [-0.05, 0) is 102 Å². The van der Waals surface area contributed by atoms with E-state index in [9.17, 15) is 18.4 Å². The number of carboxylic acids is 1. The van der Waals surface area contributed by atoms with Gasteiger partial charge in [0.2, 0.25) is 0 Å². The lowest BCUT2D eigenvalue weighted by Gasteiger charge is -2.04. The Morgan fingerprint density at radius 1 is 0.266 bits per heavy atom. The van der Waals surface area contributed by atoms with Crippen molar-refractivity contribution in [2.45, 2.75) is 6.92 Å². The number of methoxy groups -OCH3 is 2. The smallest absolute Gasteiger partial charge is 0.354 e. The molecule has 0 saturated heterocycles. The van der Waals surface area contributed by atoms with Crippen molar-refractivity contribution in [1.29, 1.82) is 0 Å². The number of carbonyl (C=O) groups is 2. The summed E-state index contributed by atoms with van der Waals surface area (Å²) in [5.74, 6) is 248. The van der Waals surface area contributed by atoms with E-state index < -0.39 is 23.5 Å². The van der Waals surface area contributed by atoms with Crippen molar-refractivity contribution >= 4 is 11.9 Å². The number of carbonyl (C=O) groups excluding carboxylic acids is 1. The molecule has 0 spiro atoms. The predicted molar refractivity (Wildman–Crippen MR) is 520 cm³/mol. The van der Waals surface area contributed by atoms with Crippen molar-refractivity contribution in [2.75, 3.05) is 14.2 Å². The number of primary amides is 1. The van der Waals surface area contributed by atoms with Crippen LogP contribution in [0.4, 0.5) is 8.78 Å². The summed E-state index contributed by atoms with van der Waals surface area (Å²) in [6.45, 7) is 1.68. The van der Waals surface area contributed by atoms with Crippen LogP contribution in [-0.4, -0.2) is 70.7 Å². The van der Waals surface area contributed by atoms with Gasteiger partial charge in [-0.2, -0.15) is 20.2 Å². The average molecular weight is 1740 g/mol. The Balaban J connectivity index is 0.00000147. The zero-order chi connectivity index (χ0) is 100.0. The van der Waals surface area contributed by atoms with Gasteiger partial charge in [0.05, 0.1) is 50.1 Å². The molecule has 16 heteroatoms. The Labute approximate surface area is 806 Å². The average Bonchev–Trinajstić information content (AvgIpc) is 1.68. The fraction of sp³-hybridized carbons (Fsp3) is 0.0407. The van der Waals surface area contributed by atoms with Gasteiger partial charge in [-0.25, -0.2) is 23.5 Å². The number of rotatable bonds is 6. The van der Waals surface area contributed by atoms with E-state index >= 15 is 0 Å². The van der Waals surface area contributed by atoms with Crippen LogP contribution in [-0.2, 0) is 14.1 Å². The maximum absolute atomic E-state index is 13.7. The second-order valence-corrected chi connectivity index (χ2v) is 19.6. The number of nitrogens with two attached hydrogens (primary N) is 1. The zero-order valence-corrected chi connectivity index (χ0v) is 71.4. The van der Waals surface area contributed by atoms with Crippen LogP contribution < -0.4 is 15.2 Å². The minimum absolute atomic E-state index is 0.00864. The maximum Gasteiger partial charge on any atom is 0.354 e. The molecule has 0 radical (unpaired) electrons. The Morgan fingerprint density at radius 2 is 0.410 bits per heavy atom. The summed E-state index contributed by atoms with van der Waals surface area (Å²) in [6.07, 6.45) is 9.37. The van der Waals surface area contributed by atoms with Crippen LogP contribution in [0.1, 0.15) is 27.9 Å². The first kappa shape index (κ1) is 108. The molecule has 14 nitrogen and oxygen atoms in total. The molecule has 0 saturated carbocycles. The SMILES string of the molecule is C#CC#CC#CC#CC#CC#CC#CC#CC#CC#CC#CC#CC#CC#CC#CC#CC#CC#CC#CC#CC#CC#CC#CC#CC#CC#CC#CC#CC#CC#CC#CC#CC#CC#CC#CC#CC#CC#CC#CC#CC#CC#CC#CC#CC#CC#CC#CC#CC#CC#CC#CC.COc1ncc(F)c(-c2cnn(C)c2C(=O)O)n1.COc1ncc(F)c(-c2cnn(C)c2C(N)=O)n1. The Kier molecular flexibility index (Phi) is 63.1. The number of halogens is 2. The van der Waals surface area contributed by atoms with Gasteiger partial charge in [-0.1, -0.05) is 5.92 Å². The van der Waals surface area contributed by atoms with Crippen molar-refractivity contribution in [1.82, 2.24) is 39.5 Å². The van der Waals surface area contributed by atoms with Crippen molar-refractivity contribution in [3.8, 4) is 639 Å². The molecule has 0 fully saturated rings. The quantitative estimate of drug-likeness (QED) is 0.268. The maximum atomic E-state index is 13.7. The molecule has 3 N–H and O–H groups in total. The van der Waals surface area contributed by atoms with Gasteiger partial charge in [0, 0.05) is 511 Å². The third kappa shape index (κ3) is 62.3. The molecular weight excluding hydrogens is 1720 g/mol. The molecule has 4 aromatic rings. The minimum Gasteiger partial charge on any atom is -0.477 e. The lowest BCUT2D eigenvalue weighted by atomic mass is 10.1. The topological polar surface area (TPSA) is 186 Å². The zero-order valence-electron chi connectivity index (χ0n) is 71.4. The highest BCUT2D eigenvalue weighted by atomic mass is 19.1. The Hall–Kier alpha value is -27.5. The van der Waals surface area contributed by atoms with Gasteiger partial charge < -0.3 is 20.3 Å². The second-order valence-electron chi connectivity index (χ2n) is 19.6. The van der Waals surface area contributed by atoms with Crippen LogP contribution in [0.3, 0.4) is 0 Å². The second kappa shape index (κ2) is 81.5. The Bertz CT molecular complexity index is 9470. The number of aryl methyl sites for hydroxylation is 2. The number of aromatic nitrogens is 8. The summed E-state index contributed by atoms with van der Waals surface area (Å²) in [5.41, 5.74) is 5.16. The molecular formula is C123H23F2N9O5. The number of aromatic carboxylic acids is 1. The number of hydrogen-bond donors (Lipinski definition) is 2. The Morgan fingerprint density at radius 3 is 0.547 bits per heavy atom. The number of hydrogen-bond acceptors (Lipinski definition) is 10. The predicted octanol–water partition coefficient (Wildman–Crippen LogP) is 1.66. The van der Waals surface area contributed by atoms with Crippen LogP contribution in [0.25, 0.3) is 22.5 Å². The van der Waals surface area contributed by atoms with Crippen molar-refractivity contribution in [3.05, 3.63) is 47.8 Å². The normalized spacial score (nSPS) is 5.63. The summed E-state index contributed by atoms with van der Waals surface area (Å²) in [7, 11) is 5.66. The van der Waals surface area contributed by atoms with Gasteiger partial charge in [0.1, 0.15) is 17.1 Å². The molecule has 604 valence electrons. The summed E-state index contributed by atoms with van der Waals surface area (Å²) >= 11 is 0. The van der Waals surface area contributed by atoms with Crippen molar-refractivity contribution in [3.63, 3.8) is 0 Å². The van der Waals surface area contributed by atoms with Crippen LogP contribution in [0, 0.1) is 616 Å². The number of carboxylic acid groups (broad SMARTS) is 1. The fourth-order valence-corrected chi connectivity index (χ4v) is 6.17. The number of nitrogens with zero attached hydrogens (tertiary/aromatic N) is 8. The van der Waals surface area contributed by atoms with Crippen LogP contribution in [0.5, 0.6) is 12.0 Å². The summed E-state index contributed by atoms with van der Waals surface area (Å²) in [4.78, 5) is 37.2. The van der Waals surface area contributed by atoms with Crippen molar-refractivity contribution < 1.29 is 33.0 Å². The minimum atomic E-state index is -1.22. The van der Waals surface area contributed by atoms with E-state index in [4.69, 9.17) is 26.7 Å². The molecule has 0 aliphatic rings. The molecule has 139 heavy (non-hydrogen) atoms. The number of amides is 1. The highest BCUT2D eigenvalue weighted by Gasteiger charge is 2.23. The van der Waals surface area contributed by atoms with Gasteiger partial charge in [0.15, 0.2) is 17.3 Å². The molecule has 0 aromatic carbocycles. The summed E-state index contributed by atoms with van der Waals surface area (Å²) in [6, 6.07) is -0.0581. The van der Waals surface area contributed by atoms with E-state index in [1.165, 1.54) is 45.4 Å². The molecule has 0 bridgehead atoms. The first-order valence-electron chi connectivity index (χ1n) is 35.6. The standard InChI is InChI=1S/C103H4.C10H10FN5O2.C10H9FN4O3/c1-3-5-7-9-11-13-15-17-19-21-23-25-27-29-31-33-35-37-39-41-43-45-47-49-51-53-55-57-59-61-63-65-67-69-71-73-75-77-79-81-83-85-87-89-91-93-95-97-99-101-103-102-100-98-96-94-92-90-88-86-84-82-80-78-76-74-72-70-68-66-64-62-60-58-56-54-52-50-48-46-44-42-40-38-36-34-32-30-28-26-24-22-20-18-16-14-12-10-8-6-4-2;1-16-8(9(12)17)5(3-14-16)7-6(11)4-13-10(15-7)18-2;1-15-8(9(16)17)5(3-13-15)7-6(11)4-12-10(14-7)18-2/h1H,2H3;3-4H,1-2H3,(H2,12,17);3-4H,1-2H3,(H,16,17). The number of ether oxygens (including phenoxy) is 2. The van der Waals surface area contributed by atoms with Gasteiger partial charge >= 0.3 is 18.0 Å². The number of terminal acetylenes is 1. The fourth-order valence-electron chi connectivity index (χ4n) is 6.17. The molecule has 0 aliphatic carbocycles. The largest absolute Gasteiger partial charge is 0.477 e. The van der Waals surface area contributed by atoms with E-state index in [0.717, 1.165) is 17.1 Å². The lowest BCUT2D eigenvalue weighted by Crippen LogP contribution is -2.17. The van der Waals surface area contributed by atoms with Gasteiger partial charge in [0.25, 0.3) is 5.91 Å². The molecule has 1 amide bonds. The van der Waals surface area contributed by atoms with E-state index in [1.807, 2.05) is 0 Å². The first-order chi connectivity index (χ1) is 68.5. The van der Waals surface area contributed by atoms with Crippen LogP contribution >= 0.6 is 0 Å². The van der Waals surface area contributed by atoms with E-state index in [0.29, 0.717) is 0 Å². The monoisotopic (exact) mass is 1740 g/mol. The summed E-state index contributed by atoms with van der Waals surface area (Å²) in [5, 5.41) is 16.7. The lowest BCUT2D eigenvalue weighted by molar-refractivity contribution is 0.0685. The van der Waals surface area contributed by atoms with Crippen LogP contribution in [0.2, 0.25) is 0 Å². The third-order valence-corrected chi connectivity index (χ3v) is 11.0. The third-order valence-electron chi connectivity index (χ3n) is 11.0. The highest BCUT2D eigenvalue weighted by Crippen LogP contribution is 2.26. The van der Waals surface area contributed by atoms with Gasteiger partial charge in [-0.3, -0.25) is 14.2 Å². The molecule has 4 heterocycles. The van der Waals surface area contributed by atoms with E-state index in [-0.39, 0.29) is 45.9 Å². The highest BCUT2D eigenvalue weighted by molar-refractivity contribution is 5.98. The molecule has 0 unspecified atom stereocenters. The van der Waals surface area contributed by atoms with E-state index in [1.54, 1.807) is 6.92 Å². The van der Waals surface area contributed by atoms with Crippen LogP contribution in [0.15, 0.2) is 24.8 Å². The molecule has 4 aromatic heterocycles. The molecule has 0 atom stereocenters. The van der Waals surface area contributed by atoms with Gasteiger partial charge in [-0.15, -0.1) is 6.42 Å².